The maximum atomic E-state index is 12.3. The van der Waals surface area contributed by atoms with E-state index in [-0.39, 0.29) is 11.7 Å². The van der Waals surface area contributed by atoms with Crippen LogP contribution in [0.1, 0.15) is 35.2 Å². The molecule has 1 aromatic carbocycles. The molecule has 0 bridgehead atoms. The number of hydrogen-bond donors (Lipinski definition) is 1. The first-order valence-electron chi connectivity index (χ1n) is 9.17. The number of hydrogen-bond acceptors (Lipinski definition) is 4. The summed E-state index contributed by atoms with van der Waals surface area (Å²) in [6.45, 7) is 0.985. The molecule has 1 saturated heterocycles. The number of amides is 1. The van der Waals surface area contributed by atoms with Gasteiger partial charge in [0.05, 0.1) is 11.9 Å². The van der Waals surface area contributed by atoms with Crippen LogP contribution >= 0.6 is 0 Å². The Morgan fingerprint density at radius 2 is 1.82 bits per heavy atom. The Morgan fingerprint density at radius 1 is 1.11 bits per heavy atom. The van der Waals surface area contributed by atoms with Crippen LogP contribution in [0.3, 0.4) is 0 Å². The SMILES string of the molecule is O=C(NCc1cncc(N2CCCCC2)c1)c1ccc(OCC(F)(F)F)cc1. The number of ether oxygens (including phenoxy) is 1. The van der Waals surface area contributed by atoms with Gasteiger partial charge >= 0.3 is 6.18 Å². The highest BCUT2D eigenvalue weighted by Gasteiger charge is 2.28. The molecule has 5 nitrogen and oxygen atoms in total. The van der Waals surface area contributed by atoms with E-state index in [2.05, 4.69) is 19.9 Å². The minimum Gasteiger partial charge on any atom is -0.484 e. The Labute approximate surface area is 161 Å². The molecule has 3 rings (SSSR count). The van der Waals surface area contributed by atoms with Gasteiger partial charge in [-0.05, 0) is 55.2 Å². The van der Waals surface area contributed by atoms with Gasteiger partial charge in [-0.3, -0.25) is 9.78 Å². The quantitative estimate of drug-likeness (QED) is 0.808. The predicted molar refractivity (Wildman–Crippen MR) is 99.5 cm³/mol. The van der Waals surface area contributed by atoms with Crippen LogP contribution in [0.4, 0.5) is 18.9 Å². The van der Waals surface area contributed by atoms with Gasteiger partial charge in [-0.25, -0.2) is 0 Å². The number of aromatic nitrogens is 1. The normalized spacial score (nSPS) is 14.6. The Kier molecular flexibility index (Phi) is 6.38. The predicted octanol–water partition coefficient (Wildman–Crippen LogP) is 3.94. The molecule has 150 valence electrons. The van der Waals surface area contributed by atoms with Gasteiger partial charge in [0.25, 0.3) is 5.91 Å². The van der Waals surface area contributed by atoms with E-state index >= 15 is 0 Å². The summed E-state index contributed by atoms with van der Waals surface area (Å²) >= 11 is 0. The maximum absolute atomic E-state index is 12.3. The highest BCUT2D eigenvalue weighted by atomic mass is 19.4. The third-order valence-corrected chi connectivity index (χ3v) is 4.47. The van der Waals surface area contributed by atoms with Crippen LogP contribution in [0, 0.1) is 0 Å². The molecule has 28 heavy (non-hydrogen) atoms. The molecule has 1 aliphatic heterocycles. The number of nitrogens with zero attached hydrogens (tertiary/aromatic N) is 2. The molecule has 1 fully saturated rings. The van der Waals surface area contributed by atoms with Crippen molar-refractivity contribution in [3.05, 3.63) is 53.9 Å². The third-order valence-electron chi connectivity index (χ3n) is 4.47. The van der Waals surface area contributed by atoms with Gasteiger partial charge < -0.3 is 15.0 Å². The summed E-state index contributed by atoms with van der Waals surface area (Å²) in [5.74, 6) is -0.252. The number of nitrogens with one attached hydrogen (secondary N) is 1. The zero-order valence-corrected chi connectivity index (χ0v) is 15.3. The maximum Gasteiger partial charge on any atom is 0.422 e. The second-order valence-electron chi connectivity index (χ2n) is 6.71. The lowest BCUT2D eigenvalue weighted by molar-refractivity contribution is -0.153. The molecule has 0 saturated carbocycles. The van der Waals surface area contributed by atoms with Crippen molar-refractivity contribution in [2.45, 2.75) is 32.0 Å². The molecule has 0 spiro atoms. The molecule has 0 atom stereocenters. The van der Waals surface area contributed by atoms with E-state index < -0.39 is 12.8 Å². The number of carbonyl (C=O) groups excluding carboxylic acids is 1. The van der Waals surface area contributed by atoms with E-state index in [1.165, 1.54) is 43.5 Å². The highest BCUT2D eigenvalue weighted by molar-refractivity contribution is 5.94. The lowest BCUT2D eigenvalue weighted by Crippen LogP contribution is -2.29. The van der Waals surface area contributed by atoms with Gasteiger partial charge in [0.15, 0.2) is 6.61 Å². The number of pyridine rings is 1. The second kappa shape index (κ2) is 8.95. The average Bonchev–Trinajstić information content (AvgIpc) is 2.71. The number of alkyl halides is 3. The Balaban J connectivity index is 1.54. The van der Waals surface area contributed by atoms with Gasteiger partial charge in [-0.15, -0.1) is 0 Å². The Hall–Kier alpha value is -2.77. The van der Waals surface area contributed by atoms with Crippen LogP contribution in [0.5, 0.6) is 5.75 Å². The lowest BCUT2D eigenvalue weighted by Gasteiger charge is -2.28. The number of carbonyl (C=O) groups is 1. The molecule has 1 N–H and O–H groups in total. The molecule has 1 aromatic heterocycles. The Morgan fingerprint density at radius 3 is 2.50 bits per heavy atom. The fraction of sp³-hybridized carbons (Fsp3) is 0.400. The first-order chi connectivity index (χ1) is 13.4. The van der Waals surface area contributed by atoms with Crippen LogP contribution in [0.25, 0.3) is 0 Å². The number of rotatable bonds is 6. The van der Waals surface area contributed by atoms with Crippen molar-refractivity contribution in [2.24, 2.45) is 0 Å². The van der Waals surface area contributed by atoms with Gasteiger partial charge in [0.2, 0.25) is 0 Å². The van der Waals surface area contributed by atoms with Crippen LogP contribution in [-0.2, 0) is 6.54 Å². The van der Waals surface area contributed by atoms with Gasteiger partial charge in [-0.2, -0.15) is 13.2 Å². The second-order valence-corrected chi connectivity index (χ2v) is 6.71. The van der Waals surface area contributed by atoms with Crippen molar-refractivity contribution in [2.75, 3.05) is 24.6 Å². The first kappa shape index (κ1) is 20.0. The van der Waals surface area contributed by atoms with Crippen molar-refractivity contribution in [3.8, 4) is 5.75 Å². The molecule has 2 aromatic rings. The molecule has 0 radical (unpaired) electrons. The fourth-order valence-corrected chi connectivity index (χ4v) is 3.05. The zero-order valence-electron chi connectivity index (χ0n) is 15.3. The molecule has 0 unspecified atom stereocenters. The minimum absolute atomic E-state index is 0.0623. The van der Waals surface area contributed by atoms with Gasteiger partial charge in [0.1, 0.15) is 5.75 Å². The number of piperidine rings is 1. The summed E-state index contributed by atoms with van der Waals surface area (Å²) in [4.78, 5) is 18.8. The first-order valence-corrected chi connectivity index (χ1v) is 9.17. The topological polar surface area (TPSA) is 54.5 Å². The molecule has 8 heteroatoms. The third kappa shape index (κ3) is 5.87. The van der Waals surface area contributed by atoms with Crippen molar-refractivity contribution >= 4 is 11.6 Å². The lowest BCUT2D eigenvalue weighted by atomic mass is 10.1. The summed E-state index contributed by atoms with van der Waals surface area (Å²) in [5, 5.41) is 2.80. The van der Waals surface area contributed by atoms with E-state index in [0.29, 0.717) is 12.1 Å². The van der Waals surface area contributed by atoms with E-state index in [0.717, 1.165) is 24.3 Å². The minimum atomic E-state index is -4.40. The average molecular weight is 393 g/mol. The highest BCUT2D eigenvalue weighted by Crippen LogP contribution is 2.20. The fourth-order valence-electron chi connectivity index (χ4n) is 3.05. The molecule has 2 heterocycles. The van der Waals surface area contributed by atoms with Crippen LogP contribution in [0.15, 0.2) is 42.7 Å². The van der Waals surface area contributed by atoms with E-state index in [4.69, 9.17) is 0 Å². The molecule has 1 amide bonds. The van der Waals surface area contributed by atoms with Crippen molar-refractivity contribution in [1.29, 1.82) is 0 Å². The summed E-state index contributed by atoms with van der Waals surface area (Å²) in [6.07, 6.45) is 2.73. The van der Waals surface area contributed by atoms with E-state index in [1.807, 2.05) is 12.3 Å². The van der Waals surface area contributed by atoms with E-state index in [9.17, 15) is 18.0 Å². The molecule has 0 aliphatic carbocycles. The summed E-state index contributed by atoms with van der Waals surface area (Å²) < 4.78 is 41.1. The van der Waals surface area contributed by atoms with Crippen molar-refractivity contribution < 1.29 is 22.7 Å². The Bertz CT molecular complexity index is 788. The molecule has 1 aliphatic rings. The largest absolute Gasteiger partial charge is 0.484 e. The van der Waals surface area contributed by atoms with Crippen LogP contribution in [-0.4, -0.2) is 36.8 Å². The van der Waals surface area contributed by atoms with Crippen molar-refractivity contribution in [3.63, 3.8) is 0 Å². The van der Waals surface area contributed by atoms with Crippen LogP contribution in [0.2, 0.25) is 0 Å². The van der Waals surface area contributed by atoms with Gasteiger partial charge in [-0.1, -0.05) is 0 Å². The molecular weight excluding hydrogens is 371 g/mol. The van der Waals surface area contributed by atoms with Crippen molar-refractivity contribution in [1.82, 2.24) is 10.3 Å². The number of benzene rings is 1. The van der Waals surface area contributed by atoms with E-state index in [1.54, 1.807) is 6.20 Å². The number of halogens is 3. The summed E-state index contributed by atoms with van der Waals surface area (Å²) in [7, 11) is 0. The van der Waals surface area contributed by atoms with Gasteiger partial charge in [0, 0.05) is 31.4 Å². The van der Waals surface area contributed by atoms with Crippen LogP contribution < -0.4 is 15.0 Å². The summed E-state index contributed by atoms with van der Waals surface area (Å²) in [5.41, 5.74) is 2.29. The zero-order chi connectivity index (χ0) is 20.0. The monoisotopic (exact) mass is 393 g/mol. The summed E-state index contributed by atoms with van der Waals surface area (Å²) in [6, 6.07) is 7.58. The smallest absolute Gasteiger partial charge is 0.422 e. The molecular formula is C20H22F3N3O2. The standard InChI is InChI=1S/C20H22F3N3O2/c21-20(22,23)14-28-18-6-4-16(5-7-18)19(27)25-12-15-10-17(13-24-11-15)26-8-2-1-3-9-26/h4-7,10-11,13H,1-3,8-9,12,14H2,(H,25,27). The number of anilines is 1.